The maximum absolute atomic E-state index is 11.6. The number of Topliss-reactive ketones (excluding diaryl/α,β-unsaturated/α-hetero) is 1. The molecule has 1 aromatic heterocycles. The van der Waals surface area contributed by atoms with Gasteiger partial charge in [0.1, 0.15) is 0 Å². The van der Waals surface area contributed by atoms with Crippen molar-refractivity contribution in [3.8, 4) is 0 Å². The molecule has 5 nitrogen and oxygen atoms in total. The Morgan fingerprint density at radius 2 is 2.21 bits per heavy atom. The molecule has 0 aliphatic heterocycles. The van der Waals surface area contributed by atoms with Gasteiger partial charge in [-0.3, -0.25) is 4.79 Å². The van der Waals surface area contributed by atoms with Crippen LogP contribution in [0.4, 0.5) is 10.7 Å². The van der Waals surface area contributed by atoms with Crippen LogP contribution in [0.25, 0.3) is 0 Å². The average molecular weight is 286 g/mol. The van der Waals surface area contributed by atoms with Gasteiger partial charge in [-0.15, -0.1) is 11.3 Å². The second-order valence-corrected chi connectivity index (χ2v) is 5.11. The summed E-state index contributed by atoms with van der Waals surface area (Å²) in [6.45, 7) is 4.57. The number of carbonyl (C=O) groups is 1. The Balaban J connectivity index is 2.25. The van der Waals surface area contributed by atoms with Crippen molar-refractivity contribution in [1.29, 1.82) is 0 Å². The van der Waals surface area contributed by atoms with Crippen molar-refractivity contribution < 1.29 is 14.3 Å². The summed E-state index contributed by atoms with van der Waals surface area (Å²) >= 11 is 1.42. The quantitative estimate of drug-likeness (QED) is 0.510. The van der Waals surface area contributed by atoms with Crippen LogP contribution >= 0.6 is 11.3 Å². The van der Waals surface area contributed by atoms with Gasteiger partial charge in [0.05, 0.1) is 28.8 Å². The van der Waals surface area contributed by atoms with E-state index in [0.29, 0.717) is 36.8 Å². The van der Waals surface area contributed by atoms with Gasteiger partial charge in [0, 0.05) is 26.7 Å². The predicted octanol–water partition coefficient (Wildman–Crippen LogP) is 2.39. The van der Waals surface area contributed by atoms with Gasteiger partial charge >= 0.3 is 0 Å². The molecule has 6 heteroatoms. The average Bonchev–Trinajstić information content (AvgIpc) is 2.78. The van der Waals surface area contributed by atoms with Gasteiger partial charge < -0.3 is 20.5 Å². The van der Waals surface area contributed by atoms with E-state index in [1.165, 1.54) is 11.3 Å². The van der Waals surface area contributed by atoms with E-state index in [1.807, 2.05) is 13.0 Å². The molecule has 3 N–H and O–H groups in total. The van der Waals surface area contributed by atoms with Crippen molar-refractivity contribution >= 4 is 27.8 Å². The Morgan fingerprint density at radius 3 is 2.89 bits per heavy atom. The highest BCUT2D eigenvalue weighted by Gasteiger charge is 2.12. The van der Waals surface area contributed by atoms with E-state index >= 15 is 0 Å². The third kappa shape index (κ3) is 5.59. The lowest BCUT2D eigenvalue weighted by atomic mass is 10.2. The molecule has 0 spiro atoms. The number of ketones is 1. The van der Waals surface area contributed by atoms with Gasteiger partial charge in [-0.05, 0) is 12.5 Å². The topological polar surface area (TPSA) is 73.6 Å². The molecule has 0 bridgehead atoms. The SMILES string of the molecule is CCC(=O)c1sc(NCCCOCCOC)cc1N. The lowest BCUT2D eigenvalue weighted by Gasteiger charge is -2.04. The summed E-state index contributed by atoms with van der Waals surface area (Å²) in [5.74, 6) is 0.0958. The normalized spacial score (nSPS) is 10.6. The van der Waals surface area contributed by atoms with Crippen LogP contribution in [-0.2, 0) is 9.47 Å². The molecule has 19 heavy (non-hydrogen) atoms. The maximum Gasteiger partial charge on any atom is 0.174 e. The van der Waals surface area contributed by atoms with E-state index in [0.717, 1.165) is 18.0 Å². The van der Waals surface area contributed by atoms with Crippen LogP contribution in [0.5, 0.6) is 0 Å². The van der Waals surface area contributed by atoms with Crippen molar-refractivity contribution in [3.05, 3.63) is 10.9 Å². The molecule has 0 aliphatic carbocycles. The fourth-order valence-corrected chi connectivity index (χ4v) is 2.52. The molecule has 0 aromatic carbocycles. The van der Waals surface area contributed by atoms with E-state index in [4.69, 9.17) is 15.2 Å². The number of nitrogens with one attached hydrogen (secondary N) is 1. The number of anilines is 2. The van der Waals surface area contributed by atoms with Gasteiger partial charge in [-0.2, -0.15) is 0 Å². The minimum atomic E-state index is 0.0958. The van der Waals surface area contributed by atoms with Crippen LogP contribution in [0.15, 0.2) is 6.07 Å². The Kier molecular flexibility index (Phi) is 7.47. The first kappa shape index (κ1) is 15.9. The molecule has 1 aromatic rings. The summed E-state index contributed by atoms with van der Waals surface area (Å²) in [7, 11) is 1.65. The molecule has 1 heterocycles. The summed E-state index contributed by atoms with van der Waals surface area (Å²) in [5, 5.41) is 4.19. The summed E-state index contributed by atoms with van der Waals surface area (Å²) in [6.07, 6.45) is 1.38. The number of thiophene rings is 1. The number of hydrogen-bond donors (Lipinski definition) is 2. The Hall–Kier alpha value is -1.11. The largest absolute Gasteiger partial charge is 0.397 e. The fourth-order valence-electron chi connectivity index (χ4n) is 1.50. The predicted molar refractivity (Wildman–Crippen MR) is 79.2 cm³/mol. The van der Waals surface area contributed by atoms with Gasteiger partial charge in [0.2, 0.25) is 0 Å². The van der Waals surface area contributed by atoms with Gasteiger partial charge in [0.25, 0.3) is 0 Å². The number of nitrogens with two attached hydrogens (primary N) is 1. The standard InChI is InChI=1S/C13H22N2O3S/c1-3-11(16)13-10(14)9-12(19-13)15-5-4-6-18-8-7-17-2/h9,15H,3-8,14H2,1-2H3. The van der Waals surface area contributed by atoms with Crippen molar-refractivity contribution in [2.45, 2.75) is 19.8 Å². The minimum absolute atomic E-state index is 0.0958. The van der Waals surface area contributed by atoms with E-state index in [1.54, 1.807) is 7.11 Å². The number of methoxy groups -OCH3 is 1. The van der Waals surface area contributed by atoms with E-state index < -0.39 is 0 Å². The molecule has 0 amide bonds. The molecule has 0 radical (unpaired) electrons. The van der Waals surface area contributed by atoms with Crippen LogP contribution in [0.3, 0.4) is 0 Å². The van der Waals surface area contributed by atoms with Crippen LogP contribution in [0, 0.1) is 0 Å². The molecule has 108 valence electrons. The van der Waals surface area contributed by atoms with Crippen LogP contribution < -0.4 is 11.1 Å². The van der Waals surface area contributed by atoms with E-state index in [9.17, 15) is 4.79 Å². The fraction of sp³-hybridized carbons (Fsp3) is 0.615. The van der Waals surface area contributed by atoms with Crippen LogP contribution in [-0.4, -0.2) is 39.3 Å². The third-order valence-electron chi connectivity index (χ3n) is 2.53. The summed E-state index contributed by atoms with van der Waals surface area (Å²) in [4.78, 5) is 12.2. The summed E-state index contributed by atoms with van der Waals surface area (Å²) in [6, 6.07) is 1.82. The first-order valence-electron chi connectivity index (χ1n) is 6.42. The highest BCUT2D eigenvalue weighted by atomic mass is 32.1. The van der Waals surface area contributed by atoms with Crippen molar-refractivity contribution in [1.82, 2.24) is 0 Å². The van der Waals surface area contributed by atoms with Gasteiger partial charge in [-0.25, -0.2) is 0 Å². The lowest BCUT2D eigenvalue weighted by molar-refractivity contribution is 0.0705. The smallest absolute Gasteiger partial charge is 0.174 e. The molecule has 0 atom stereocenters. The first-order valence-corrected chi connectivity index (χ1v) is 7.23. The van der Waals surface area contributed by atoms with Crippen molar-refractivity contribution in [2.75, 3.05) is 44.5 Å². The maximum atomic E-state index is 11.6. The lowest BCUT2D eigenvalue weighted by Crippen LogP contribution is -2.07. The first-order chi connectivity index (χ1) is 9.19. The van der Waals surface area contributed by atoms with Gasteiger partial charge in [-0.1, -0.05) is 6.92 Å². The summed E-state index contributed by atoms with van der Waals surface area (Å²) in [5.41, 5.74) is 6.38. The zero-order valence-electron chi connectivity index (χ0n) is 11.5. The van der Waals surface area contributed by atoms with Crippen molar-refractivity contribution in [2.24, 2.45) is 0 Å². The Labute approximate surface area is 118 Å². The second kappa shape index (κ2) is 8.90. The third-order valence-corrected chi connectivity index (χ3v) is 3.68. The van der Waals surface area contributed by atoms with E-state index in [-0.39, 0.29) is 5.78 Å². The molecule has 0 fully saturated rings. The second-order valence-electron chi connectivity index (χ2n) is 4.06. The Morgan fingerprint density at radius 1 is 1.42 bits per heavy atom. The molecule has 0 aliphatic rings. The van der Waals surface area contributed by atoms with Crippen LogP contribution in [0.2, 0.25) is 0 Å². The van der Waals surface area contributed by atoms with Crippen LogP contribution in [0.1, 0.15) is 29.4 Å². The number of rotatable bonds is 10. The van der Waals surface area contributed by atoms with E-state index in [2.05, 4.69) is 5.32 Å². The molecule has 0 unspecified atom stereocenters. The number of ether oxygens (including phenoxy) is 2. The van der Waals surface area contributed by atoms with Gasteiger partial charge in [0.15, 0.2) is 5.78 Å². The molecule has 1 rings (SSSR count). The molecular weight excluding hydrogens is 264 g/mol. The highest BCUT2D eigenvalue weighted by Crippen LogP contribution is 2.30. The zero-order chi connectivity index (χ0) is 14.1. The highest BCUT2D eigenvalue weighted by molar-refractivity contribution is 7.18. The number of carbonyl (C=O) groups excluding carboxylic acids is 1. The molecular formula is C13H22N2O3S. The number of nitrogen functional groups attached to an aromatic ring is 1. The van der Waals surface area contributed by atoms with Crippen molar-refractivity contribution in [3.63, 3.8) is 0 Å². The molecule has 0 saturated heterocycles. The molecule has 0 saturated carbocycles. The number of hydrogen-bond acceptors (Lipinski definition) is 6. The zero-order valence-corrected chi connectivity index (χ0v) is 12.3. The summed E-state index contributed by atoms with van der Waals surface area (Å²) < 4.78 is 10.2. The minimum Gasteiger partial charge on any atom is -0.397 e. The monoisotopic (exact) mass is 286 g/mol. The Bertz CT molecular complexity index is 393.